The van der Waals surface area contributed by atoms with Crippen molar-refractivity contribution < 1.29 is 41.4 Å². The fourth-order valence-electron chi connectivity index (χ4n) is 4.35. The van der Waals surface area contributed by atoms with Crippen molar-refractivity contribution >= 4 is 28.0 Å². The van der Waals surface area contributed by atoms with Gasteiger partial charge in [-0.15, -0.1) is 0 Å². The zero-order chi connectivity index (χ0) is 27.0. The van der Waals surface area contributed by atoms with Crippen LogP contribution >= 0.6 is 0 Å². The highest BCUT2D eigenvalue weighted by Gasteiger charge is 2.39. The molecule has 3 aromatic rings. The van der Waals surface area contributed by atoms with E-state index in [9.17, 15) is 36.3 Å². The van der Waals surface area contributed by atoms with E-state index >= 15 is 0 Å². The van der Waals surface area contributed by atoms with Crippen molar-refractivity contribution in [3.63, 3.8) is 0 Å². The summed E-state index contributed by atoms with van der Waals surface area (Å²) in [7, 11) is -4.61. The molecule has 3 N–H and O–H groups in total. The summed E-state index contributed by atoms with van der Waals surface area (Å²) < 4.78 is 70.5. The van der Waals surface area contributed by atoms with Gasteiger partial charge in [-0.05, 0) is 64.9 Å². The smallest absolute Gasteiger partial charge is 0.417 e. The normalized spacial score (nSPS) is 15.6. The molecular formula is C26H20F3NO6S. The van der Waals surface area contributed by atoms with Crippen LogP contribution in [0.25, 0.3) is 17.2 Å². The van der Waals surface area contributed by atoms with Gasteiger partial charge in [0.2, 0.25) is 10.0 Å². The number of hydrogen-bond acceptors (Lipinski definition) is 4. The Morgan fingerprint density at radius 2 is 1.65 bits per heavy atom. The number of alkyl halides is 3. The van der Waals surface area contributed by atoms with E-state index in [1.807, 2.05) is 0 Å². The van der Waals surface area contributed by atoms with Crippen LogP contribution in [0.1, 0.15) is 32.6 Å². The lowest BCUT2D eigenvalue weighted by atomic mass is 9.98. The van der Waals surface area contributed by atoms with E-state index in [2.05, 4.69) is 4.72 Å². The minimum absolute atomic E-state index is 0.0244. The summed E-state index contributed by atoms with van der Waals surface area (Å²) in [6.07, 6.45) is -2.20. The highest BCUT2D eigenvalue weighted by molar-refractivity contribution is 7.89. The second-order valence-electron chi connectivity index (χ2n) is 8.49. The zero-order valence-electron chi connectivity index (χ0n) is 19.0. The number of hydrogen-bond donors (Lipinski definition) is 3. The molecule has 4 rings (SSSR count). The van der Waals surface area contributed by atoms with E-state index in [0.717, 1.165) is 29.3 Å². The Bertz CT molecular complexity index is 1530. The Morgan fingerprint density at radius 3 is 2.32 bits per heavy atom. The Morgan fingerprint density at radius 1 is 0.946 bits per heavy atom. The van der Waals surface area contributed by atoms with Crippen LogP contribution in [0.15, 0.2) is 71.6 Å². The van der Waals surface area contributed by atoms with Gasteiger partial charge in [0.05, 0.1) is 16.0 Å². The van der Waals surface area contributed by atoms with Gasteiger partial charge in [-0.1, -0.05) is 42.5 Å². The number of carboxylic acids is 2. The van der Waals surface area contributed by atoms with E-state index in [1.165, 1.54) is 30.3 Å². The molecule has 1 aliphatic rings. The van der Waals surface area contributed by atoms with Crippen molar-refractivity contribution in [2.75, 3.05) is 0 Å². The van der Waals surface area contributed by atoms with E-state index in [0.29, 0.717) is 11.6 Å². The number of sulfonamides is 1. The Kier molecular flexibility index (Phi) is 6.94. The lowest BCUT2D eigenvalue weighted by molar-refractivity contribution is -0.140. The van der Waals surface area contributed by atoms with Gasteiger partial charge in [0.1, 0.15) is 0 Å². The fourth-order valence-corrected chi connectivity index (χ4v) is 5.79. The van der Waals surface area contributed by atoms with Gasteiger partial charge in [-0.2, -0.15) is 13.2 Å². The maximum absolute atomic E-state index is 14.0. The number of fused-ring (bicyclic) bond motifs is 1. The number of carboxylic acid groups (broad SMARTS) is 2. The summed E-state index contributed by atoms with van der Waals surface area (Å²) in [5.74, 6) is -2.45. The highest BCUT2D eigenvalue weighted by Crippen LogP contribution is 2.38. The van der Waals surface area contributed by atoms with Crippen molar-refractivity contribution in [3.05, 3.63) is 94.6 Å². The van der Waals surface area contributed by atoms with Gasteiger partial charge in [0, 0.05) is 12.1 Å². The van der Waals surface area contributed by atoms with Crippen LogP contribution in [0.2, 0.25) is 0 Å². The second-order valence-corrected chi connectivity index (χ2v) is 10.2. The molecule has 0 amide bonds. The molecular weight excluding hydrogens is 511 g/mol. The van der Waals surface area contributed by atoms with Crippen LogP contribution in [0, 0.1) is 0 Å². The van der Waals surface area contributed by atoms with Crippen LogP contribution in [0.5, 0.6) is 0 Å². The summed E-state index contributed by atoms with van der Waals surface area (Å²) in [6.45, 7) is 0. The molecule has 0 aliphatic heterocycles. The second kappa shape index (κ2) is 9.83. The molecule has 11 heteroatoms. The van der Waals surface area contributed by atoms with Crippen LogP contribution in [0.3, 0.4) is 0 Å². The fraction of sp³-hybridized carbons (Fsp3) is 0.154. The van der Waals surface area contributed by atoms with Crippen molar-refractivity contribution in [1.29, 1.82) is 0 Å². The van der Waals surface area contributed by atoms with Crippen molar-refractivity contribution in [2.24, 2.45) is 0 Å². The first-order valence-electron chi connectivity index (χ1n) is 10.9. The van der Waals surface area contributed by atoms with Gasteiger partial charge in [-0.25, -0.2) is 22.7 Å². The number of rotatable bonds is 7. The average molecular weight is 532 g/mol. The number of benzene rings is 3. The zero-order valence-corrected chi connectivity index (χ0v) is 19.8. The molecule has 0 bridgehead atoms. The largest absolute Gasteiger partial charge is 0.478 e. The molecule has 0 saturated heterocycles. The molecule has 0 radical (unpaired) electrons. The van der Waals surface area contributed by atoms with Crippen molar-refractivity contribution in [3.8, 4) is 11.1 Å². The monoisotopic (exact) mass is 531 g/mol. The van der Waals surface area contributed by atoms with Crippen LogP contribution in [-0.2, 0) is 33.8 Å². The van der Waals surface area contributed by atoms with Gasteiger partial charge < -0.3 is 10.2 Å². The third kappa shape index (κ3) is 5.73. The predicted octanol–water partition coefficient (Wildman–Crippen LogP) is 4.61. The molecule has 0 heterocycles. The quantitative estimate of drug-likeness (QED) is 0.383. The minimum Gasteiger partial charge on any atom is -0.478 e. The standard InChI is InChI=1S/C26H20F3NO6S/c27-26(28,29)22-14-17(20-3-1-2-4-21(20)25(33)34)8-9-23(22)37(35,36)30-19-12-16-7-5-15(6-10-24(31)32)11-18(16)13-19/h1-11,14,19,30H,12-13H2,(H,31,32)(H,33,34). The topological polar surface area (TPSA) is 121 Å². The number of halogens is 3. The number of aromatic carboxylic acids is 1. The molecule has 37 heavy (non-hydrogen) atoms. The summed E-state index contributed by atoms with van der Waals surface area (Å²) in [5, 5.41) is 18.2. The molecule has 7 nitrogen and oxygen atoms in total. The van der Waals surface area contributed by atoms with Crippen LogP contribution < -0.4 is 4.72 Å². The molecule has 0 fully saturated rings. The average Bonchev–Trinajstić information content (AvgIpc) is 3.22. The van der Waals surface area contributed by atoms with Crippen molar-refractivity contribution in [2.45, 2.75) is 30.0 Å². The SMILES string of the molecule is O=C(O)C=Cc1ccc2c(c1)CC(NS(=O)(=O)c1ccc(-c3ccccc3C(=O)O)cc1C(F)(F)F)C2. The summed E-state index contributed by atoms with van der Waals surface area (Å²) in [5.41, 5.74) is 0.478. The molecule has 0 spiro atoms. The Labute approximate surface area is 209 Å². The van der Waals surface area contributed by atoms with E-state index in [4.69, 9.17) is 5.11 Å². The van der Waals surface area contributed by atoms with Gasteiger partial charge in [0.25, 0.3) is 0 Å². The lowest BCUT2D eigenvalue weighted by Crippen LogP contribution is -2.36. The highest BCUT2D eigenvalue weighted by atomic mass is 32.2. The first-order valence-corrected chi connectivity index (χ1v) is 12.4. The summed E-state index contributed by atoms with van der Waals surface area (Å²) >= 11 is 0. The number of aliphatic carboxylic acids is 1. The molecule has 1 aliphatic carbocycles. The van der Waals surface area contributed by atoms with Gasteiger partial charge in [0.15, 0.2) is 0 Å². The van der Waals surface area contributed by atoms with Crippen LogP contribution in [0.4, 0.5) is 13.2 Å². The van der Waals surface area contributed by atoms with E-state index in [-0.39, 0.29) is 29.5 Å². The third-order valence-corrected chi connectivity index (χ3v) is 7.52. The van der Waals surface area contributed by atoms with Gasteiger partial charge >= 0.3 is 18.1 Å². The molecule has 192 valence electrons. The molecule has 1 atom stereocenters. The predicted molar refractivity (Wildman–Crippen MR) is 128 cm³/mol. The Balaban J connectivity index is 1.64. The van der Waals surface area contributed by atoms with Crippen molar-refractivity contribution in [1.82, 2.24) is 4.72 Å². The van der Waals surface area contributed by atoms with E-state index in [1.54, 1.807) is 18.2 Å². The Hall–Kier alpha value is -3.96. The van der Waals surface area contributed by atoms with E-state index < -0.39 is 44.6 Å². The molecule has 1 unspecified atom stereocenters. The molecule has 0 aromatic heterocycles. The third-order valence-electron chi connectivity index (χ3n) is 5.95. The molecule has 0 saturated carbocycles. The van der Waals surface area contributed by atoms with Crippen LogP contribution in [-0.4, -0.2) is 36.6 Å². The number of nitrogens with one attached hydrogen (secondary N) is 1. The first kappa shape index (κ1) is 26.1. The summed E-state index contributed by atoms with van der Waals surface area (Å²) in [6, 6.07) is 12.5. The maximum Gasteiger partial charge on any atom is 0.417 e. The van der Waals surface area contributed by atoms with Gasteiger partial charge in [-0.3, -0.25) is 0 Å². The summed E-state index contributed by atoms with van der Waals surface area (Å²) in [4.78, 5) is 21.3. The molecule has 3 aromatic carbocycles. The minimum atomic E-state index is -5.03. The maximum atomic E-state index is 14.0. The first-order chi connectivity index (χ1) is 17.3. The number of carbonyl (C=O) groups is 2. The lowest BCUT2D eigenvalue weighted by Gasteiger charge is -2.18.